The van der Waals surface area contributed by atoms with E-state index < -0.39 is 0 Å². The van der Waals surface area contributed by atoms with Crippen molar-refractivity contribution in [3.8, 4) is 0 Å². The van der Waals surface area contributed by atoms with Crippen molar-refractivity contribution in [2.75, 3.05) is 7.05 Å². The summed E-state index contributed by atoms with van der Waals surface area (Å²) in [6.45, 7) is 14.5. The molecule has 2 heteroatoms. The summed E-state index contributed by atoms with van der Waals surface area (Å²) in [5, 5.41) is 3.46. The van der Waals surface area contributed by atoms with Gasteiger partial charge in [0.05, 0.1) is 0 Å². The minimum absolute atomic E-state index is 0.586. The summed E-state index contributed by atoms with van der Waals surface area (Å²) in [6, 6.07) is 8.60. The maximum atomic E-state index is 5.76. The van der Waals surface area contributed by atoms with Crippen LogP contribution in [0.2, 0.25) is 0 Å². The van der Waals surface area contributed by atoms with Gasteiger partial charge in [-0.25, -0.2) is 0 Å². The number of allylic oxidation sites excluding steroid dienone is 15. The Hall–Kier alpha value is -3.78. The second-order valence-electron chi connectivity index (χ2n) is 9.22. The Kier molecular flexibility index (Phi) is 9.94. The van der Waals surface area contributed by atoms with Crippen molar-refractivity contribution in [2.24, 2.45) is 0 Å². The summed E-state index contributed by atoms with van der Waals surface area (Å²) >= 11 is 0. The quantitative estimate of drug-likeness (QED) is 0.395. The van der Waals surface area contributed by atoms with E-state index in [9.17, 15) is 0 Å². The van der Waals surface area contributed by atoms with Gasteiger partial charge in [0.1, 0.15) is 11.5 Å². The van der Waals surface area contributed by atoms with Crippen LogP contribution in [-0.2, 0) is 4.74 Å². The predicted molar refractivity (Wildman–Crippen MR) is 157 cm³/mol. The van der Waals surface area contributed by atoms with Gasteiger partial charge in [0.25, 0.3) is 0 Å². The summed E-state index contributed by atoms with van der Waals surface area (Å²) < 4.78 is 5.76. The van der Waals surface area contributed by atoms with Crippen molar-refractivity contribution in [3.63, 3.8) is 0 Å². The van der Waals surface area contributed by atoms with E-state index in [0.717, 1.165) is 31.3 Å². The van der Waals surface area contributed by atoms with Crippen LogP contribution >= 0.6 is 0 Å². The smallest absolute Gasteiger partial charge is 0.123 e. The van der Waals surface area contributed by atoms with Crippen molar-refractivity contribution in [3.05, 3.63) is 143 Å². The fraction of sp³-hybridized carbons (Fsp3) is 0.235. The molecule has 186 valence electrons. The highest BCUT2D eigenvalue weighted by Crippen LogP contribution is 2.35. The van der Waals surface area contributed by atoms with Gasteiger partial charge in [-0.2, -0.15) is 0 Å². The molecule has 1 N–H and O–H groups in total. The molecule has 0 saturated heterocycles. The van der Waals surface area contributed by atoms with Gasteiger partial charge in [-0.1, -0.05) is 98.5 Å². The Morgan fingerprint density at radius 2 is 1.89 bits per heavy atom. The highest BCUT2D eigenvalue weighted by Gasteiger charge is 2.17. The molecule has 2 nitrogen and oxygen atoms in total. The third-order valence-corrected chi connectivity index (χ3v) is 6.30. The molecule has 36 heavy (non-hydrogen) atoms. The van der Waals surface area contributed by atoms with Crippen LogP contribution in [-0.4, -0.2) is 7.05 Å². The van der Waals surface area contributed by atoms with Crippen LogP contribution in [0.1, 0.15) is 57.6 Å². The SMILES string of the molecule is C=C1/C=C\C=C/C/C(=C/C=C\c2ccccc2C2=C(NC)CCC(/C(=C/C=C(C)C)CC)=C2)C(=C)O1. The van der Waals surface area contributed by atoms with Gasteiger partial charge in [0.2, 0.25) is 0 Å². The summed E-state index contributed by atoms with van der Waals surface area (Å²) in [7, 11) is 2.02. The highest BCUT2D eigenvalue weighted by molar-refractivity contribution is 5.84. The number of rotatable bonds is 7. The molecule has 0 spiro atoms. The van der Waals surface area contributed by atoms with Crippen molar-refractivity contribution in [1.29, 1.82) is 0 Å². The topological polar surface area (TPSA) is 21.3 Å². The van der Waals surface area contributed by atoms with Gasteiger partial charge < -0.3 is 10.1 Å². The monoisotopic (exact) mass is 477 g/mol. The van der Waals surface area contributed by atoms with Gasteiger partial charge in [0.15, 0.2) is 0 Å². The molecular weight excluding hydrogens is 438 g/mol. The lowest BCUT2D eigenvalue weighted by molar-refractivity contribution is 0.332. The van der Waals surface area contributed by atoms with Gasteiger partial charge in [-0.15, -0.1) is 0 Å². The van der Waals surface area contributed by atoms with Gasteiger partial charge in [-0.3, -0.25) is 0 Å². The first-order valence-corrected chi connectivity index (χ1v) is 12.7. The Morgan fingerprint density at radius 1 is 1.08 bits per heavy atom. The summed E-state index contributed by atoms with van der Waals surface area (Å²) in [5.74, 6) is 1.22. The zero-order chi connectivity index (χ0) is 25.9. The summed E-state index contributed by atoms with van der Waals surface area (Å²) in [5.41, 5.74) is 10.1. The van der Waals surface area contributed by atoms with Crippen LogP contribution in [0.5, 0.6) is 0 Å². The molecule has 1 heterocycles. The Morgan fingerprint density at radius 3 is 2.64 bits per heavy atom. The van der Waals surface area contributed by atoms with Gasteiger partial charge in [-0.05, 0) is 79.5 Å². The third kappa shape index (κ3) is 7.36. The van der Waals surface area contributed by atoms with Crippen LogP contribution in [0.15, 0.2) is 132 Å². The lowest BCUT2D eigenvalue weighted by Crippen LogP contribution is -2.13. The minimum Gasteiger partial charge on any atom is -0.458 e. The average Bonchev–Trinajstić information content (AvgIpc) is 2.94. The van der Waals surface area contributed by atoms with Gasteiger partial charge in [0, 0.05) is 18.3 Å². The van der Waals surface area contributed by atoms with Crippen molar-refractivity contribution >= 4 is 11.6 Å². The number of benzene rings is 1. The van der Waals surface area contributed by atoms with E-state index in [2.05, 4.69) is 106 Å². The van der Waals surface area contributed by atoms with E-state index in [4.69, 9.17) is 4.74 Å². The second-order valence-corrected chi connectivity index (χ2v) is 9.22. The third-order valence-electron chi connectivity index (χ3n) is 6.30. The molecular formula is C34H39NO. The Bertz CT molecular complexity index is 1230. The molecule has 0 fully saturated rings. The molecule has 1 aliphatic heterocycles. The lowest BCUT2D eigenvalue weighted by atomic mass is 9.86. The molecule has 0 unspecified atom stereocenters. The van der Waals surface area contributed by atoms with E-state index in [1.807, 2.05) is 25.3 Å². The van der Waals surface area contributed by atoms with E-state index in [1.165, 1.54) is 39.1 Å². The van der Waals surface area contributed by atoms with Crippen LogP contribution in [0.3, 0.4) is 0 Å². The zero-order valence-corrected chi connectivity index (χ0v) is 22.2. The first-order chi connectivity index (χ1) is 17.4. The van der Waals surface area contributed by atoms with Crippen molar-refractivity contribution < 1.29 is 4.74 Å². The largest absolute Gasteiger partial charge is 0.458 e. The Balaban J connectivity index is 1.97. The Labute approximate surface area is 217 Å². The number of nitrogens with one attached hydrogen (secondary N) is 1. The first-order valence-electron chi connectivity index (χ1n) is 12.7. The molecule has 0 saturated carbocycles. The average molecular weight is 478 g/mol. The lowest BCUT2D eigenvalue weighted by Gasteiger charge is -2.23. The maximum absolute atomic E-state index is 5.76. The first kappa shape index (κ1) is 26.8. The molecule has 0 aromatic heterocycles. The van der Waals surface area contributed by atoms with Crippen molar-refractivity contribution in [1.82, 2.24) is 5.32 Å². The van der Waals surface area contributed by atoms with Gasteiger partial charge >= 0.3 is 0 Å². The highest BCUT2D eigenvalue weighted by atomic mass is 16.5. The zero-order valence-electron chi connectivity index (χ0n) is 22.2. The molecule has 3 rings (SSSR count). The molecule has 0 bridgehead atoms. The second kappa shape index (κ2) is 13.3. The van der Waals surface area contributed by atoms with E-state index in [-0.39, 0.29) is 0 Å². The molecule has 1 aliphatic carbocycles. The summed E-state index contributed by atoms with van der Waals surface area (Å²) in [4.78, 5) is 0. The number of ether oxygens (including phenoxy) is 1. The van der Waals surface area contributed by atoms with Crippen LogP contribution in [0.4, 0.5) is 0 Å². The van der Waals surface area contributed by atoms with Crippen LogP contribution in [0, 0.1) is 0 Å². The molecule has 1 aromatic carbocycles. The fourth-order valence-electron chi connectivity index (χ4n) is 4.32. The maximum Gasteiger partial charge on any atom is 0.123 e. The fourth-order valence-corrected chi connectivity index (χ4v) is 4.32. The molecule has 0 amide bonds. The molecule has 2 aliphatic rings. The van der Waals surface area contributed by atoms with Crippen molar-refractivity contribution in [2.45, 2.75) is 46.5 Å². The molecule has 0 atom stereocenters. The number of hydrogen-bond acceptors (Lipinski definition) is 2. The van der Waals surface area contributed by atoms with E-state index >= 15 is 0 Å². The normalized spacial score (nSPS) is 19.8. The van der Waals surface area contributed by atoms with Crippen LogP contribution in [0.25, 0.3) is 11.6 Å². The number of hydrogen-bond donors (Lipinski definition) is 1. The molecule has 0 radical (unpaired) electrons. The predicted octanol–water partition coefficient (Wildman–Crippen LogP) is 9.14. The molecule has 1 aromatic rings. The standard InChI is InChI=1S/C34H39NO/c1-7-28(21-20-25(2)3)31-22-23-34(35-6)33(24-31)32-19-12-11-16-30(32)18-13-17-29-15-10-8-9-14-26(4)36-27(29)5/h8-14,16-21,24,35H,4-5,7,15,22-23H2,1-3,6H3/b10-8-,14-9-,18-13-,28-21+,29-17-. The van der Waals surface area contributed by atoms with Crippen LogP contribution < -0.4 is 5.32 Å². The summed E-state index contributed by atoms with van der Waals surface area (Å²) in [6.07, 6.45) is 24.9. The van der Waals surface area contributed by atoms with E-state index in [1.54, 1.807) is 0 Å². The van der Waals surface area contributed by atoms with E-state index in [0.29, 0.717) is 11.5 Å². The minimum atomic E-state index is 0.586.